The summed E-state index contributed by atoms with van der Waals surface area (Å²) < 4.78 is 15.2. The number of phosphoric ester groups is 1. The van der Waals surface area contributed by atoms with Gasteiger partial charge in [0.2, 0.25) is 0 Å². The lowest BCUT2D eigenvalue weighted by Crippen LogP contribution is -2.15. The second-order valence-electron chi connectivity index (χ2n) is 3.46. The molecule has 6 heteroatoms. The monoisotopic (exact) mass is 208 g/mol. The minimum absolute atomic E-state index is 0.125. The van der Waals surface area contributed by atoms with Gasteiger partial charge in [-0.15, -0.1) is 0 Å². The third kappa shape index (κ3) is 2.88. The fraction of sp³-hybridized carbons (Fsp3) is 0.857. The van der Waals surface area contributed by atoms with Gasteiger partial charge in [-0.1, -0.05) is 6.92 Å². The Kier molecular flexibility index (Phi) is 2.92. The zero-order valence-corrected chi connectivity index (χ0v) is 8.24. The zero-order chi connectivity index (χ0) is 10.1. The number of carbonyl (C=O) groups excluding carboxylic acids is 1. The Morgan fingerprint density at radius 3 is 2.54 bits per heavy atom. The van der Waals surface area contributed by atoms with E-state index in [1.807, 2.05) is 6.92 Å². The smallest absolute Gasteiger partial charge is 0.303 e. The summed E-state index contributed by atoms with van der Waals surface area (Å²) in [5.41, 5.74) is -0.750. The summed E-state index contributed by atoms with van der Waals surface area (Å²) >= 11 is 0. The van der Waals surface area contributed by atoms with Gasteiger partial charge in [0.15, 0.2) is 0 Å². The third-order valence-electron chi connectivity index (χ3n) is 2.38. The predicted octanol–water partition coefficient (Wildman–Crippen LogP) is 0.853. The van der Waals surface area contributed by atoms with Crippen molar-refractivity contribution in [3.63, 3.8) is 0 Å². The molecule has 0 bridgehead atoms. The Hall–Kier alpha value is -0.220. The first-order valence-electron chi connectivity index (χ1n) is 4.09. The van der Waals surface area contributed by atoms with Crippen molar-refractivity contribution in [3.8, 4) is 0 Å². The van der Waals surface area contributed by atoms with Crippen molar-refractivity contribution in [2.45, 2.75) is 31.8 Å². The molecule has 76 valence electrons. The summed E-state index contributed by atoms with van der Waals surface area (Å²) in [7, 11) is -4.42. The number of rotatable bonds is 5. The first kappa shape index (κ1) is 10.9. The molecular weight excluding hydrogens is 195 g/mol. The Balaban J connectivity index is 2.52. The van der Waals surface area contributed by atoms with Gasteiger partial charge in [-0.05, 0) is 18.8 Å². The summed E-state index contributed by atoms with van der Waals surface area (Å²) in [5, 5.41) is 0. The maximum atomic E-state index is 10.6. The second kappa shape index (κ2) is 3.50. The minimum atomic E-state index is -4.42. The predicted molar refractivity (Wildman–Crippen MR) is 44.9 cm³/mol. The molecule has 5 nitrogen and oxygen atoms in total. The molecule has 0 aromatic rings. The van der Waals surface area contributed by atoms with Crippen LogP contribution in [0.4, 0.5) is 0 Å². The van der Waals surface area contributed by atoms with E-state index in [2.05, 4.69) is 4.52 Å². The zero-order valence-electron chi connectivity index (χ0n) is 7.34. The van der Waals surface area contributed by atoms with Crippen LogP contribution in [0.5, 0.6) is 0 Å². The van der Waals surface area contributed by atoms with E-state index in [1.54, 1.807) is 0 Å². The number of carbonyl (C=O) groups is 1. The molecule has 0 aromatic heterocycles. The molecule has 1 saturated carbocycles. The van der Waals surface area contributed by atoms with Crippen LogP contribution in [0.1, 0.15) is 26.2 Å². The van der Waals surface area contributed by atoms with Crippen molar-refractivity contribution in [3.05, 3.63) is 0 Å². The third-order valence-corrected chi connectivity index (χ3v) is 2.98. The molecule has 0 radical (unpaired) electrons. The van der Waals surface area contributed by atoms with Crippen LogP contribution in [0.3, 0.4) is 0 Å². The van der Waals surface area contributed by atoms with E-state index in [0.717, 1.165) is 6.29 Å². The molecule has 1 fully saturated rings. The van der Waals surface area contributed by atoms with E-state index in [0.29, 0.717) is 12.8 Å². The molecule has 1 aliphatic rings. The molecule has 0 aromatic carbocycles. The largest absolute Gasteiger partial charge is 0.470 e. The molecule has 1 rings (SSSR count). The molecule has 0 heterocycles. The van der Waals surface area contributed by atoms with Crippen molar-refractivity contribution in [2.24, 2.45) is 5.92 Å². The number of phosphoric acid groups is 1. The molecule has 2 N–H and O–H groups in total. The highest BCUT2D eigenvalue weighted by Gasteiger charge is 2.55. The van der Waals surface area contributed by atoms with E-state index in [1.165, 1.54) is 0 Å². The van der Waals surface area contributed by atoms with Gasteiger partial charge in [0, 0.05) is 6.42 Å². The SMILES string of the molecule is CC1CC1(CCC=O)OP(=O)(O)O. The highest BCUT2D eigenvalue weighted by Crippen LogP contribution is 2.58. The van der Waals surface area contributed by atoms with E-state index in [-0.39, 0.29) is 12.3 Å². The van der Waals surface area contributed by atoms with Crippen LogP contribution in [0.25, 0.3) is 0 Å². The van der Waals surface area contributed by atoms with Gasteiger partial charge >= 0.3 is 7.82 Å². The summed E-state index contributed by atoms with van der Waals surface area (Å²) in [5.74, 6) is 0.125. The average molecular weight is 208 g/mol. The number of hydrogen-bond donors (Lipinski definition) is 2. The first-order chi connectivity index (χ1) is 5.90. The van der Waals surface area contributed by atoms with Crippen LogP contribution in [0.15, 0.2) is 0 Å². The lowest BCUT2D eigenvalue weighted by Gasteiger charge is -2.16. The molecule has 2 atom stereocenters. The Bertz CT molecular complexity index is 247. The Morgan fingerprint density at radius 1 is 1.69 bits per heavy atom. The second-order valence-corrected chi connectivity index (χ2v) is 4.62. The van der Waals surface area contributed by atoms with Crippen LogP contribution in [0.2, 0.25) is 0 Å². The van der Waals surface area contributed by atoms with Crippen molar-refractivity contribution in [2.75, 3.05) is 0 Å². The van der Waals surface area contributed by atoms with E-state index < -0.39 is 13.4 Å². The molecule has 0 amide bonds. The quantitative estimate of drug-likeness (QED) is 0.517. The highest BCUT2D eigenvalue weighted by molar-refractivity contribution is 7.46. The number of aldehydes is 1. The lowest BCUT2D eigenvalue weighted by atomic mass is 10.1. The maximum absolute atomic E-state index is 10.6. The lowest BCUT2D eigenvalue weighted by molar-refractivity contribution is -0.108. The summed E-state index contributed by atoms with van der Waals surface area (Å²) in [6, 6.07) is 0. The van der Waals surface area contributed by atoms with Crippen molar-refractivity contribution >= 4 is 14.1 Å². The van der Waals surface area contributed by atoms with Gasteiger partial charge < -0.3 is 14.6 Å². The van der Waals surface area contributed by atoms with Crippen molar-refractivity contribution in [1.29, 1.82) is 0 Å². The molecule has 1 aliphatic carbocycles. The Morgan fingerprint density at radius 2 is 2.23 bits per heavy atom. The number of hydrogen-bond acceptors (Lipinski definition) is 3. The fourth-order valence-corrected chi connectivity index (χ4v) is 2.34. The maximum Gasteiger partial charge on any atom is 0.470 e. The van der Waals surface area contributed by atoms with Crippen LogP contribution in [0, 0.1) is 5.92 Å². The topological polar surface area (TPSA) is 83.8 Å². The van der Waals surface area contributed by atoms with Crippen LogP contribution in [-0.4, -0.2) is 21.7 Å². The highest BCUT2D eigenvalue weighted by atomic mass is 31.2. The molecule has 2 unspecified atom stereocenters. The van der Waals surface area contributed by atoms with Crippen LogP contribution in [-0.2, 0) is 13.9 Å². The van der Waals surface area contributed by atoms with E-state index in [4.69, 9.17) is 9.79 Å². The normalized spacial score (nSPS) is 33.0. The minimum Gasteiger partial charge on any atom is -0.303 e. The molecule has 0 aliphatic heterocycles. The summed E-state index contributed by atoms with van der Waals surface area (Å²) in [6.45, 7) is 1.85. The first-order valence-corrected chi connectivity index (χ1v) is 5.62. The van der Waals surface area contributed by atoms with Gasteiger partial charge in [-0.2, -0.15) is 0 Å². The standard InChI is InChI=1S/C7H13O5P/c1-6-5-7(6,3-2-4-8)12-13(9,10)11/h4,6H,2-3,5H2,1H3,(H2,9,10,11). The van der Waals surface area contributed by atoms with Gasteiger partial charge in [-0.25, -0.2) is 4.57 Å². The van der Waals surface area contributed by atoms with Gasteiger partial charge in [0.05, 0.1) is 5.60 Å². The van der Waals surface area contributed by atoms with Crippen LogP contribution < -0.4 is 0 Å². The van der Waals surface area contributed by atoms with Crippen molar-refractivity contribution < 1.29 is 23.7 Å². The van der Waals surface area contributed by atoms with Gasteiger partial charge in [0.1, 0.15) is 6.29 Å². The molecule has 0 spiro atoms. The fourth-order valence-electron chi connectivity index (χ4n) is 1.52. The van der Waals surface area contributed by atoms with E-state index >= 15 is 0 Å². The Labute approximate surface area is 76.3 Å². The van der Waals surface area contributed by atoms with Gasteiger partial charge in [-0.3, -0.25) is 4.52 Å². The summed E-state index contributed by atoms with van der Waals surface area (Å²) in [4.78, 5) is 27.3. The molecule has 0 saturated heterocycles. The van der Waals surface area contributed by atoms with E-state index in [9.17, 15) is 9.36 Å². The molecular formula is C7H13O5P. The summed E-state index contributed by atoms with van der Waals surface area (Å²) in [6.07, 6.45) is 2.02. The average Bonchev–Trinajstić information content (AvgIpc) is 2.54. The molecule has 13 heavy (non-hydrogen) atoms. The van der Waals surface area contributed by atoms with Crippen molar-refractivity contribution in [1.82, 2.24) is 0 Å². The van der Waals surface area contributed by atoms with Gasteiger partial charge in [0.25, 0.3) is 0 Å². The van der Waals surface area contributed by atoms with Crippen LogP contribution >= 0.6 is 7.82 Å².